The molecule has 0 heterocycles. The fraction of sp³-hybridized carbons (Fsp3) is 0.462. The monoisotopic (exact) mass is 291 g/mol. The second-order valence-electron chi connectivity index (χ2n) is 4.19. The van der Waals surface area contributed by atoms with Gasteiger partial charge in [0.25, 0.3) is 0 Å². The molecular weight excluding hydrogens is 275 g/mol. The molecule has 112 valence electrons. The average molecular weight is 291 g/mol. The van der Waals surface area contributed by atoms with Crippen molar-refractivity contribution in [2.24, 2.45) is 0 Å². The average Bonchev–Trinajstić information content (AvgIpc) is 2.28. The van der Waals surface area contributed by atoms with E-state index in [1.54, 1.807) is 31.2 Å². The van der Waals surface area contributed by atoms with E-state index in [1.807, 2.05) is 0 Å². The van der Waals surface area contributed by atoms with E-state index < -0.39 is 25.2 Å². The van der Waals surface area contributed by atoms with Crippen molar-refractivity contribution in [1.29, 1.82) is 0 Å². The predicted molar refractivity (Wildman–Crippen MR) is 66.6 cm³/mol. The van der Waals surface area contributed by atoms with Crippen LogP contribution in [-0.4, -0.2) is 41.8 Å². The smallest absolute Gasteiger partial charge is 0.401 e. The van der Waals surface area contributed by atoms with Crippen LogP contribution in [0.2, 0.25) is 0 Å². The molecular formula is C13H16F3NO3. The maximum Gasteiger partial charge on any atom is 0.401 e. The Labute approximate surface area is 114 Å². The van der Waals surface area contributed by atoms with Gasteiger partial charge in [0.15, 0.2) is 0 Å². The third-order valence-electron chi connectivity index (χ3n) is 2.43. The summed E-state index contributed by atoms with van der Waals surface area (Å²) >= 11 is 0. The van der Waals surface area contributed by atoms with E-state index in [2.05, 4.69) is 0 Å². The van der Waals surface area contributed by atoms with E-state index in [0.717, 1.165) is 4.90 Å². The highest BCUT2D eigenvalue weighted by Gasteiger charge is 2.31. The van der Waals surface area contributed by atoms with Crippen molar-refractivity contribution in [2.45, 2.75) is 19.6 Å². The molecule has 20 heavy (non-hydrogen) atoms. The predicted octanol–water partition coefficient (Wildman–Crippen LogP) is 2.53. The Hall–Kier alpha value is -1.76. The number of carbonyl (C=O) groups is 1. The van der Waals surface area contributed by atoms with Crippen molar-refractivity contribution in [3.63, 3.8) is 0 Å². The molecule has 0 spiro atoms. The highest BCUT2D eigenvalue weighted by atomic mass is 19.4. The lowest BCUT2D eigenvalue weighted by Gasteiger charge is -2.22. The number of aliphatic carboxylic acids is 1. The van der Waals surface area contributed by atoms with Gasteiger partial charge in [-0.2, -0.15) is 13.2 Å². The Bertz CT molecular complexity index is 449. The molecule has 1 aromatic rings. The lowest BCUT2D eigenvalue weighted by atomic mass is 10.2. The van der Waals surface area contributed by atoms with Crippen LogP contribution in [0.25, 0.3) is 0 Å². The van der Waals surface area contributed by atoms with Crippen LogP contribution in [0.1, 0.15) is 12.5 Å². The molecule has 7 heteroatoms. The maximum atomic E-state index is 12.4. The van der Waals surface area contributed by atoms with Crippen molar-refractivity contribution < 1.29 is 27.8 Å². The Balaban J connectivity index is 2.85. The highest BCUT2D eigenvalue weighted by Crippen LogP contribution is 2.22. The number of para-hydroxylation sites is 1. The summed E-state index contributed by atoms with van der Waals surface area (Å²) in [6, 6.07) is 6.64. The normalized spacial score (nSPS) is 11.7. The van der Waals surface area contributed by atoms with Gasteiger partial charge in [0, 0.05) is 12.1 Å². The minimum Gasteiger partial charge on any atom is -0.494 e. The molecule has 0 radical (unpaired) electrons. The maximum absolute atomic E-state index is 12.4. The zero-order valence-corrected chi connectivity index (χ0v) is 11.0. The molecule has 0 aliphatic heterocycles. The second kappa shape index (κ2) is 7.14. The van der Waals surface area contributed by atoms with E-state index >= 15 is 0 Å². The zero-order chi connectivity index (χ0) is 15.2. The first-order chi connectivity index (χ1) is 9.31. The third kappa shape index (κ3) is 5.92. The number of hydrogen-bond acceptors (Lipinski definition) is 3. The summed E-state index contributed by atoms with van der Waals surface area (Å²) in [5, 5.41) is 8.69. The minimum absolute atomic E-state index is 0.137. The number of nitrogens with zero attached hydrogens (tertiary/aromatic N) is 1. The molecule has 1 rings (SSSR count). The van der Waals surface area contributed by atoms with Gasteiger partial charge in [-0.1, -0.05) is 18.2 Å². The van der Waals surface area contributed by atoms with E-state index in [4.69, 9.17) is 9.84 Å². The molecule has 4 nitrogen and oxygen atoms in total. The first-order valence-corrected chi connectivity index (χ1v) is 6.03. The molecule has 0 bridgehead atoms. The summed E-state index contributed by atoms with van der Waals surface area (Å²) < 4.78 is 42.6. The number of hydrogen-bond donors (Lipinski definition) is 1. The van der Waals surface area contributed by atoms with Crippen LogP contribution < -0.4 is 4.74 Å². The Morgan fingerprint density at radius 3 is 2.55 bits per heavy atom. The van der Waals surface area contributed by atoms with Gasteiger partial charge in [0.05, 0.1) is 19.7 Å². The van der Waals surface area contributed by atoms with Crippen LogP contribution in [0.5, 0.6) is 5.75 Å². The van der Waals surface area contributed by atoms with Crippen molar-refractivity contribution in [3.8, 4) is 5.75 Å². The summed E-state index contributed by atoms with van der Waals surface area (Å²) in [6.45, 7) is 0.0540. The molecule has 0 saturated carbocycles. The Morgan fingerprint density at radius 2 is 2.00 bits per heavy atom. The molecule has 1 N–H and O–H groups in total. The van der Waals surface area contributed by atoms with E-state index in [-0.39, 0.29) is 6.54 Å². The Morgan fingerprint density at radius 1 is 1.35 bits per heavy atom. The first kappa shape index (κ1) is 16.3. The standard InChI is InChI=1S/C13H16F3NO3/c1-2-20-11-6-4-3-5-10(11)7-17(8-12(18)19)9-13(14,15)16/h3-6H,2,7-9H2,1H3,(H,18,19). The van der Waals surface area contributed by atoms with Crippen LogP contribution in [0, 0.1) is 0 Å². The first-order valence-electron chi connectivity index (χ1n) is 6.03. The van der Waals surface area contributed by atoms with Gasteiger partial charge in [-0.25, -0.2) is 0 Å². The molecule has 1 aromatic carbocycles. The van der Waals surface area contributed by atoms with Gasteiger partial charge < -0.3 is 9.84 Å². The number of halogens is 3. The van der Waals surface area contributed by atoms with Crippen LogP contribution >= 0.6 is 0 Å². The van der Waals surface area contributed by atoms with Gasteiger partial charge in [0.1, 0.15) is 5.75 Å². The van der Waals surface area contributed by atoms with Gasteiger partial charge >= 0.3 is 12.1 Å². The molecule has 0 amide bonds. The lowest BCUT2D eigenvalue weighted by Crippen LogP contribution is -2.37. The van der Waals surface area contributed by atoms with Crippen LogP contribution in [0.15, 0.2) is 24.3 Å². The number of ether oxygens (including phenoxy) is 1. The molecule has 0 fully saturated rings. The minimum atomic E-state index is -4.45. The van der Waals surface area contributed by atoms with Crippen LogP contribution in [0.4, 0.5) is 13.2 Å². The molecule has 0 unspecified atom stereocenters. The summed E-state index contributed by atoms with van der Waals surface area (Å²) in [7, 11) is 0. The lowest BCUT2D eigenvalue weighted by molar-refractivity contribution is -0.154. The number of carboxylic acids is 1. The second-order valence-corrected chi connectivity index (χ2v) is 4.19. The van der Waals surface area contributed by atoms with Crippen LogP contribution in [-0.2, 0) is 11.3 Å². The molecule has 0 atom stereocenters. The van der Waals surface area contributed by atoms with Gasteiger partial charge in [0.2, 0.25) is 0 Å². The van der Waals surface area contributed by atoms with Crippen LogP contribution in [0.3, 0.4) is 0 Å². The Kier molecular flexibility index (Phi) is 5.82. The fourth-order valence-corrected chi connectivity index (χ4v) is 1.78. The van der Waals surface area contributed by atoms with Crippen molar-refractivity contribution in [2.75, 3.05) is 19.7 Å². The van der Waals surface area contributed by atoms with E-state index in [1.165, 1.54) is 0 Å². The van der Waals surface area contributed by atoms with Gasteiger partial charge in [-0.3, -0.25) is 9.69 Å². The SMILES string of the molecule is CCOc1ccccc1CN(CC(=O)O)CC(F)(F)F. The quantitative estimate of drug-likeness (QED) is 0.838. The number of benzene rings is 1. The van der Waals surface area contributed by atoms with Gasteiger partial charge in [-0.15, -0.1) is 0 Å². The molecule has 0 aromatic heterocycles. The summed E-state index contributed by atoms with van der Waals surface area (Å²) in [4.78, 5) is 11.5. The van der Waals surface area contributed by atoms with Crippen molar-refractivity contribution in [1.82, 2.24) is 4.90 Å². The number of rotatable bonds is 7. The molecule has 0 saturated heterocycles. The topological polar surface area (TPSA) is 49.8 Å². The summed E-state index contributed by atoms with van der Waals surface area (Å²) in [6.07, 6.45) is -4.45. The fourth-order valence-electron chi connectivity index (χ4n) is 1.78. The largest absolute Gasteiger partial charge is 0.494 e. The number of carboxylic acid groups (broad SMARTS) is 1. The van der Waals surface area contributed by atoms with Crippen molar-refractivity contribution >= 4 is 5.97 Å². The van der Waals surface area contributed by atoms with E-state index in [0.29, 0.717) is 17.9 Å². The van der Waals surface area contributed by atoms with Gasteiger partial charge in [-0.05, 0) is 13.0 Å². The molecule has 0 aliphatic rings. The summed E-state index contributed by atoms with van der Waals surface area (Å²) in [5.74, 6) is -0.837. The van der Waals surface area contributed by atoms with E-state index in [9.17, 15) is 18.0 Å². The summed E-state index contributed by atoms with van der Waals surface area (Å²) in [5.41, 5.74) is 0.528. The number of alkyl halides is 3. The van der Waals surface area contributed by atoms with Crippen molar-refractivity contribution in [3.05, 3.63) is 29.8 Å². The third-order valence-corrected chi connectivity index (χ3v) is 2.43. The highest BCUT2D eigenvalue weighted by molar-refractivity contribution is 5.69. The molecule has 0 aliphatic carbocycles. The zero-order valence-electron chi connectivity index (χ0n) is 11.0.